The van der Waals surface area contributed by atoms with Crippen LogP contribution >= 0.6 is 0 Å². The Morgan fingerprint density at radius 1 is 1.05 bits per heavy atom. The number of ketones is 1. The minimum atomic E-state index is 0.299. The van der Waals surface area contributed by atoms with Crippen molar-refractivity contribution < 1.29 is 9.53 Å². The number of aryl methyl sites for hydroxylation is 3. The zero-order valence-corrected chi connectivity index (χ0v) is 13.0. The number of hydrogen-bond acceptors (Lipinski definition) is 2. The quantitative estimate of drug-likeness (QED) is 0.788. The van der Waals surface area contributed by atoms with E-state index in [0.29, 0.717) is 24.7 Å². The zero-order valence-electron chi connectivity index (χ0n) is 13.0. The zero-order chi connectivity index (χ0) is 14.5. The van der Waals surface area contributed by atoms with Crippen LogP contribution in [-0.4, -0.2) is 12.4 Å². The molecule has 0 aromatic heterocycles. The van der Waals surface area contributed by atoms with Gasteiger partial charge in [-0.2, -0.15) is 0 Å². The Hall–Kier alpha value is -1.31. The van der Waals surface area contributed by atoms with E-state index in [1.54, 1.807) is 0 Å². The molecule has 1 aromatic rings. The Balaban J connectivity index is 1.83. The molecule has 110 valence electrons. The van der Waals surface area contributed by atoms with Crippen LogP contribution in [0, 0.1) is 26.7 Å². The van der Waals surface area contributed by atoms with Crippen LogP contribution < -0.4 is 4.74 Å². The van der Waals surface area contributed by atoms with E-state index in [1.807, 2.05) is 0 Å². The van der Waals surface area contributed by atoms with Crippen LogP contribution in [0.2, 0.25) is 0 Å². The molecule has 0 radical (unpaired) electrons. The summed E-state index contributed by atoms with van der Waals surface area (Å²) in [4.78, 5) is 12.1. The Labute approximate surface area is 122 Å². The Kier molecular flexibility index (Phi) is 5.22. The van der Waals surface area contributed by atoms with E-state index in [1.165, 1.54) is 30.4 Å². The number of carbonyl (C=O) groups excluding carboxylic acids is 1. The summed E-state index contributed by atoms with van der Waals surface area (Å²) in [6.07, 6.45) is 6.45. The van der Waals surface area contributed by atoms with Crippen molar-refractivity contribution in [2.45, 2.75) is 59.3 Å². The molecule has 0 heterocycles. The maximum Gasteiger partial charge on any atom is 0.139 e. The van der Waals surface area contributed by atoms with Crippen molar-refractivity contribution in [3.05, 3.63) is 28.8 Å². The van der Waals surface area contributed by atoms with E-state index in [0.717, 1.165) is 24.2 Å². The lowest BCUT2D eigenvalue weighted by Gasteiger charge is -2.20. The summed E-state index contributed by atoms with van der Waals surface area (Å²) >= 11 is 0. The van der Waals surface area contributed by atoms with Crippen LogP contribution in [0.3, 0.4) is 0 Å². The number of Topliss-reactive ketones (excluding diaryl/α,β-unsaturated/α-hetero) is 1. The number of ether oxygens (including phenoxy) is 1. The number of rotatable bonds is 5. The summed E-state index contributed by atoms with van der Waals surface area (Å²) in [5.41, 5.74) is 3.68. The summed E-state index contributed by atoms with van der Waals surface area (Å²) in [6.45, 7) is 6.77. The van der Waals surface area contributed by atoms with Crippen LogP contribution in [0.25, 0.3) is 0 Å². The van der Waals surface area contributed by atoms with Gasteiger partial charge >= 0.3 is 0 Å². The molecule has 0 atom stereocenters. The van der Waals surface area contributed by atoms with Crippen molar-refractivity contribution in [2.75, 3.05) is 6.61 Å². The highest BCUT2D eigenvalue weighted by molar-refractivity contribution is 5.81. The predicted octanol–water partition coefficient (Wildman–Crippen LogP) is 4.53. The largest absolute Gasteiger partial charge is 0.493 e. The van der Waals surface area contributed by atoms with Gasteiger partial charge in [0.25, 0.3) is 0 Å². The van der Waals surface area contributed by atoms with Crippen LogP contribution in [0.1, 0.15) is 55.2 Å². The second-order valence-corrected chi connectivity index (χ2v) is 6.10. The topological polar surface area (TPSA) is 26.3 Å². The molecule has 1 saturated carbocycles. The van der Waals surface area contributed by atoms with Crippen molar-refractivity contribution in [2.24, 2.45) is 5.92 Å². The molecule has 2 rings (SSSR count). The van der Waals surface area contributed by atoms with E-state index in [-0.39, 0.29) is 0 Å². The lowest BCUT2D eigenvalue weighted by atomic mass is 9.85. The first-order valence-electron chi connectivity index (χ1n) is 7.81. The second-order valence-electron chi connectivity index (χ2n) is 6.10. The average molecular weight is 274 g/mol. The molecule has 0 saturated heterocycles. The van der Waals surface area contributed by atoms with Gasteiger partial charge < -0.3 is 4.74 Å². The van der Waals surface area contributed by atoms with Gasteiger partial charge in [0.2, 0.25) is 0 Å². The lowest BCUT2D eigenvalue weighted by Crippen LogP contribution is -2.19. The molecule has 0 aliphatic heterocycles. The van der Waals surface area contributed by atoms with Gasteiger partial charge in [-0.1, -0.05) is 25.3 Å². The van der Waals surface area contributed by atoms with E-state index in [4.69, 9.17) is 4.74 Å². The van der Waals surface area contributed by atoms with Gasteiger partial charge in [0.1, 0.15) is 11.5 Å². The van der Waals surface area contributed by atoms with Crippen LogP contribution in [0.4, 0.5) is 0 Å². The molecule has 2 nitrogen and oxygen atoms in total. The summed E-state index contributed by atoms with van der Waals surface area (Å²) in [5, 5.41) is 0. The third-order valence-corrected chi connectivity index (χ3v) is 4.46. The number of benzene rings is 1. The highest BCUT2D eigenvalue weighted by Crippen LogP contribution is 2.26. The molecule has 20 heavy (non-hydrogen) atoms. The third-order valence-electron chi connectivity index (χ3n) is 4.46. The Morgan fingerprint density at radius 2 is 1.70 bits per heavy atom. The first-order chi connectivity index (χ1) is 9.58. The number of hydrogen-bond donors (Lipinski definition) is 0. The molecule has 0 spiro atoms. The Bertz CT molecular complexity index is 471. The van der Waals surface area contributed by atoms with E-state index >= 15 is 0 Å². The molecule has 0 amide bonds. The van der Waals surface area contributed by atoms with E-state index in [9.17, 15) is 4.79 Å². The summed E-state index contributed by atoms with van der Waals surface area (Å²) in [6, 6.07) is 4.23. The highest BCUT2D eigenvalue weighted by atomic mass is 16.5. The van der Waals surface area contributed by atoms with Gasteiger partial charge in [0.15, 0.2) is 0 Å². The van der Waals surface area contributed by atoms with Gasteiger partial charge in [-0.15, -0.1) is 0 Å². The minimum absolute atomic E-state index is 0.299. The molecule has 0 bridgehead atoms. The van der Waals surface area contributed by atoms with Gasteiger partial charge in [0.05, 0.1) is 6.61 Å². The third kappa shape index (κ3) is 3.84. The van der Waals surface area contributed by atoms with Crippen molar-refractivity contribution >= 4 is 5.78 Å². The summed E-state index contributed by atoms with van der Waals surface area (Å²) < 4.78 is 5.81. The first kappa shape index (κ1) is 15.1. The SMILES string of the molecule is Cc1cc(C)c(OCCC(=O)C2CCCCC2)cc1C. The maximum atomic E-state index is 12.1. The maximum absolute atomic E-state index is 12.1. The molecule has 0 unspecified atom stereocenters. The molecular formula is C18H26O2. The second kappa shape index (κ2) is 6.92. The monoisotopic (exact) mass is 274 g/mol. The summed E-state index contributed by atoms with van der Waals surface area (Å²) in [7, 11) is 0. The molecular weight excluding hydrogens is 248 g/mol. The fourth-order valence-electron chi connectivity index (χ4n) is 2.98. The molecule has 1 aliphatic rings. The average Bonchev–Trinajstić information content (AvgIpc) is 2.45. The molecule has 1 aromatic carbocycles. The van der Waals surface area contributed by atoms with E-state index < -0.39 is 0 Å². The lowest BCUT2D eigenvalue weighted by molar-refractivity contribution is -0.124. The number of carbonyl (C=O) groups is 1. The van der Waals surface area contributed by atoms with Crippen LogP contribution in [0.5, 0.6) is 5.75 Å². The highest BCUT2D eigenvalue weighted by Gasteiger charge is 2.20. The summed E-state index contributed by atoms with van der Waals surface area (Å²) in [5.74, 6) is 1.61. The van der Waals surface area contributed by atoms with Crippen LogP contribution in [-0.2, 0) is 4.79 Å². The van der Waals surface area contributed by atoms with Gasteiger partial charge in [-0.05, 0) is 56.4 Å². The molecule has 1 fully saturated rings. The van der Waals surface area contributed by atoms with Crippen molar-refractivity contribution in [1.82, 2.24) is 0 Å². The molecule has 2 heteroatoms. The Morgan fingerprint density at radius 3 is 2.40 bits per heavy atom. The predicted molar refractivity (Wildman–Crippen MR) is 82.3 cm³/mol. The standard InChI is InChI=1S/C18H26O2/c1-13-11-15(3)18(12-14(13)2)20-10-9-17(19)16-7-5-4-6-8-16/h11-12,16H,4-10H2,1-3H3. The fraction of sp³-hybridized carbons (Fsp3) is 0.611. The van der Waals surface area contributed by atoms with Gasteiger partial charge in [0, 0.05) is 12.3 Å². The van der Waals surface area contributed by atoms with Gasteiger partial charge in [-0.25, -0.2) is 0 Å². The molecule has 0 N–H and O–H groups in total. The van der Waals surface area contributed by atoms with Crippen LogP contribution in [0.15, 0.2) is 12.1 Å². The first-order valence-corrected chi connectivity index (χ1v) is 7.81. The molecule has 1 aliphatic carbocycles. The fourth-order valence-corrected chi connectivity index (χ4v) is 2.98. The van der Waals surface area contributed by atoms with Crippen molar-refractivity contribution in [3.8, 4) is 5.75 Å². The smallest absolute Gasteiger partial charge is 0.139 e. The van der Waals surface area contributed by atoms with Crippen molar-refractivity contribution in [1.29, 1.82) is 0 Å². The van der Waals surface area contributed by atoms with Crippen molar-refractivity contribution in [3.63, 3.8) is 0 Å². The van der Waals surface area contributed by atoms with E-state index in [2.05, 4.69) is 32.9 Å². The normalized spacial score (nSPS) is 16.1. The van der Waals surface area contributed by atoms with Gasteiger partial charge in [-0.3, -0.25) is 4.79 Å². The minimum Gasteiger partial charge on any atom is -0.493 e.